The molecule has 3 aromatic rings. The number of anilines is 1. The van der Waals surface area contributed by atoms with Gasteiger partial charge in [0.1, 0.15) is 0 Å². The lowest BCUT2D eigenvalue weighted by atomic mass is 10.1. The van der Waals surface area contributed by atoms with Gasteiger partial charge in [-0.05, 0) is 48.9 Å². The summed E-state index contributed by atoms with van der Waals surface area (Å²) in [6.07, 6.45) is 15.4. The highest BCUT2D eigenvalue weighted by molar-refractivity contribution is 5.61. The Morgan fingerprint density at radius 3 is 2.03 bits per heavy atom. The summed E-state index contributed by atoms with van der Waals surface area (Å²) in [5.74, 6) is 0. The summed E-state index contributed by atoms with van der Waals surface area (Å²) in [6.45, 7) is 3.27. The summed E-state index contributed by atoms with van der Waals surface area (Å²) in [5.41, 5.74) is 3.83. The number of nitro benzene ring substituents is 1. The van der Waals surface area contributed by atoms with Gasteiger partial charge < -0.3 is 5.32 Å². The number of hydrogen-bond donors (Lipinski definition) is 1. The number of nitro groups is 1. The zero-order valence-corrected chi connectivity index (χ0v) is 19.7. The molecule has 0 atom stereocenters. The Bertz CT molecular complexity index is 965. The fourth-order valence-electron chi connectivity index (χ4n) is 3.95. The minimum absolute atomic E-state index is 0.0825. The lowest BCUT2D eigenvalue weighted by molar-refractivity contribution is -0.384. The molecule has 0 unspecified atom stereocenters. The molecule has 1 N–H and O–H groups in total. The molecule has 0 saturated carbocycles. The van der Waals surface area contributed by atoms with E-state index in [1.807, 2.05) is 29.1 Å². The van der Waals surface area contributed by atoms with E-state index in [0.29, 0.717) is 0 Å². The minimum Gasteiger partial charge on any atom is -0.385 e. The molecule has 33 heavy (non-hydrogen) atoms. The minimum atomic E-state index is -0.394. The molecule has 0 saturated heterocycles. The molecule has 0 bridgehead atoms. The van der Waals surface area contributed by atoms with E-state index in [1.165, 1.54) is 76.3 Å². The number of nitrogens with one attached hydrogen (secondary N) is 1. The smallest absolute Gasteiger partial charge is 0.269 e. The normalized spacial score (nSPS) is 10.9. The molecular formula is C27H36N4O2. The Balaban J connectivity index is 1.37. The standard InChI is InChI=1S/C27H36N4O2/c1-2-3-4-5-6-7-8-9-10-11-21-28-24-14-18-25(19-15-24)30-22-20-27(29-30)23-12-16-26(17-13-23)31(32)33/h12-20,22,28H,2-11,21H2,1H3. The van der Waals surface area contributed by atoms with Crippen LogP contribution in [0, 0.1) is 10.1 Å². The van der Waals surface area contributed by atoms with Crippen molar-refractivity contribution in [2.24, 2.45) is 0 Å². The molecule has 0 aliphatic heterocycles. The highest BCUT2D eigenvalue weighted by atomic mass is 16.6. The van der Waals surface area contributed by atoms with Crippen LogP contribution in [0.4, 0.5) is 11.4 Å². The Morgan fingerprint density at radius 2 is 1.42 bits per heavy atom. The van der Waals surface area contributed by atoms with E-state index in [2.05, 4.69) is 29.5 Å². The average Bonchev–Trinajstić information content (AvgIpc) is 3.33. The first-order valence-electron chi connectivity index (χ1n) is 12.3. The largest absolute Gasteiger partial charge is 0.385 e. The van der Waals surface area contributed by atoms with Crippen LogP contribution in [-0.2, 0) is 0 Å². The Hall–Kier alpha value is -3.15. The molecule has 1 heterocycles. The third-order valence-corrected chi connectivity index (χ3v) is 5.95. The second-order valence-electron chi connectivity index (χ2n) is 8.61. The number of unbranched alkanes of at least 4 members (excludes halogenated alkanes) is 9. The van der Waals surface area contributed by atoms with E-state index in [0.717, 1.165) is 29.2 Å². The molecule has 0 radical (unpaired) electrons. The summed E-state index contributed by atoms with van der Waals surface area (Å²) in [4.78, 5) is 10.4. The Kier molecular flexibility index (Phi) is 9.95. The maximum atomic E-state index is 10.8. The van der Waals surface area contributed by atoms with E-state index in [9.17, 15) is 10.1 Å². The molecule has 0 amide bonds. The van der Waals surface area contributed by atoms with Crippen LogP contribution in [0.1, 0.15) is 71.1 Å². The molecule has 176 valence electrons. The molecule has 6 nitrogen and oxygen atoms in total. The second-order valence-corrected chi connectivity index (χ2v) is 8.61. The number of hydrogen-bond acceptors (Lipinski definition) is 4. The van der Waals surface area contributed by atoms with E-state index < -0.39 is 4.92 Å². The van der Waals surface area contributed by atoms with Gasteiger partial charge in [-0.2, -0.15) is 5.10 Å². The predicted octanol–water partition coefficient (Wildman–Crippen LogP) is 7.78. The zero-order valence-electron chi connectivity index (χ0n) is 19.7. The van der Waals surface area contributed by atoms with E-state index >= 15 is 0 Å². The fourth-order valence-corrected chi connectivity index (χ4v) is 3.95. The Labute approximate surface area is 197 Å². The zero-order chi connectivity index (χ0) is 23.3. The first-order valence-corrected chi connectivity index (χ1v) is 12.3. The van der Waals surface area contributed by atoms with E-state index in [1.54, 1.807) is 12.1 Å². The molecule has 0 fully saturated rings. The third kappa shape index (κ3) is 8.04. The van der Waals surface area contributed by atoms with Crippen molar-refractivity contribution in [2.75, 3.05) is 11.9 Å². The number of nitrogens with zero attached hydrogens (tertiary/aromatic N) is 3. The van der Waals surface area contributed by atoms with Crippen molar-refractivity contribution in [3.8, 4) is 16.9 Å². The number of benzene rings is 2. The molecular weight excluding hydrogens is 412 g/mol. The van der Waals surface area contributed by atoms with Gasteiger partial charge in [-0.25, -0.2) is 4.68 Å². The quantitative estimate of drug-likeness (QED) is 0.146. The average molecular weight is 449 g/mol. The maximum Gasteiger partial charge on any atom is 0.269 e. The lowest BCUT2D eigenvalue weighted by Crippen LogP contribution is -2.02. The van der Waals surface area contributed by atoms with Gasteiger partial charge in [0.2, 0.25) is 0 Å². The fraction of sp³-hybridized carbons (Fsp3) is 0.444. The second kappa shape index (κ2) is 13.4. The first kappa shape index (κ1) is 24.5. The van der Waals surface area contributed by atoms with Gasteiger partial charge in [0.15, 0.2) is 0 Å². The maximum absolute atomic E-state index is 10.8. The number of aromatic nitrogens is 2. The van der Waals surface area contributed by atoms with Crippen molar-refractivity contribution >= 4 is 11.4 Å². The first-order chi connectivity index (χ1) is 16.2. The van der Waals surface area contributed by atoms with Crippen LogP contribution in [0.2, 0.25) is 0 Å². The van der Waals surface area contributed by atoms with Gasteiger partial charge in [0.05, 0.1) is 16.3 Å². The number of non-ortho nitro benzene ring substituents is 1. The topological polar surface area (TPSA) is 73.0 Å². The highest BCUT2D eigenvalue weighted by Crippen LogP contribution is 2.22. The van der Waals surface area contributed by atoms with Gasteiger partial charge >= 0.3 is 0 Å². The lowest BCUT2D eigenvalue weighted by Gasteiger charge is -2.08. The highest BCUT2D eigenvalue weighted by Gasteiger charge is 2.08. The van der Waals surface area contributed by atoms with Crippen molar-refractivity contribution in [1.29, 1.82) is 0 Å². The molecule has 3 rings (SSSR count). The third-order valence-electron chi connectivity index (χ3n) is 5.95. The van der Waals surface area contributed by atoms with Crippen molar-refractivity contribution in [1.82, 2.24) is 9.78 Å². The van der Waals surface area contributed by atoms with Crippen LogP contribution in [0.3, 0.4) is 0 Å². The van der Waals surface area contributed by atoms with E-state index in [-0.39, 0.29) is 5.69 Å². The summed E-state index contributed by atoms with van der Waals surface area (Å²) >= 11 is 0. The van der Waals surface area contributed by atoms with Gasteiger partial charge in [-0.3, -0.25) is 10.1 Å². The summed E-state index contributed by atoms with van der Waals surface area (Å²) < 4.78 is 1.82. The van der Waals surface area contributed by atoms with E-state index in [4.69, 9.17) is 0 Å². The van der Waals surface area contributed by atoms with Crippen molar-refractivity contribution < 1.29 is 4.92 Å². The summed E-state index contributed by atoms with van der Waals surface area (Å²) in [5, 5.41) is 18.9. The van der Waals surface area contributed by atoms with Gasteiger partial charge in [0.25, 0.3) is 5.69 Å². The monoisotopic (exact) mass is 448 g/mol. The van der Waals surface area contributed by atoms with Crippen LogP contribution in [0.5, 0.6) is 0 Å². The van der Waals surface area contributed by atoms with Crippen LogP contribution in [0.15, 0.2) is 60.8 Å². The van der Waals surface area contributed by atoms with Crippen molar-refractivity contribution in [2.45, 2.75) is 71.1 Å². The summed E-state index contributed by atoms with van der Waals surface area (Å²) in [6, 6.07) is 16.6. The molecule has 2 aromatic carbocycles. The van der Waals surface area contributed by atoms with Gasteiger partial charge in [-0.1, -0.05) is 64.7 Å². The van der Waals surface area contributed by atoms with Crippen molar-refractivity contribution in [3.63, 3.8) is 0 Å². The molecule has 6 heteroatoms. The van der Waals surface area contributed by atoms with Crippen LogP contribution >= 0.6 is 0 Å². The predicted molar refractivity (Wildman–Crippen MR) is 136 cm³/mol. The van der Waals surface area contributed by atoms with Gasteiger partial charge in [-0.15, -0.1) is 0 Å². The molecule has 0 spiro atoms. The molecule has 1 aromatic heterocycles. The Morgan fingerprint density at radius 1 is 0.818 bits per heavy atom. The molecule has 0 aliphatic carbocycles. The van der Waals surface area contributed by atoms with Crippen LogP contribution < -0.4 is 5.32 Å². The SMILES string of the molecule is CCCCCCCCCCCCNc1ccc(-n2ccc(-c3ccc([N+](=O)[O-])cc3)n2)cc1. The van der Waals surface area contributed by atoms with Crippen molar-refractivity contribution in [3.05, 3.63) is 70.9 Å². The number of rotatable bonds is 15. The van der Waals surface area contributed by atoms with Crippen LogP contribution in [-0.4, -0.2) is 21.2 Å². The van der Waals surface area contributed by atoms with Crippen LogP contribution in [0.25, 0.3) is 16.9 Å². The molecule has 0 aliphatic rings. The van der Waals surface area contributed by atoms with Gasteiger partial charge in [0, 0.05) is 36.1 Å². The summed E-state index contributed by atoms with van der Waals surface area (Å²) in [7, 11) is 0.